The smallest absolute Gasteiger partial charge is 0.388 e. The molecule has 0 fully saturated rings. The summed E-state index contributed by atoms with van der Waals surface area (Å²) in [5, 5.41) is 0. The minimum atomic E-state index is -0.736. The van der Waals surface area contributed by atoms with Crippen molar-refractivity contribution >= 4 is 11.2 Å². The molecule has 0 aromatic carbocycles. The van der Waals surface area contributed by atoms with Crippen LogP contribution in [-0.4, -0.2) is 14.5 Å². The molecule has 2 heterocycles. The number of rotatable bonds is 0. The second-order valence-corrected chi connectivity index (χ2v) is 2.90. The van der Waals surface area contributed by atoms with Crippen molar-refractivity contribution in [2.75, 3.05) is 0 Å². The Balaban J connectivity index is 3.07. The van der Waals surface area contributed by atoms with Gasteiger partial charge >= 0.3 is 5.76 Å². The van der Waals surface area contributed by atoms with Gasteiger partial charge in [0.05, 0.1) is 11.9 Å². The fraction of sp³-hybridized carbons (Fsp3) is 0.250. The van der Waals surface area contributed by atoms with E-state index in [2.05, 4.69) is 9.97 Å². The van der Waals surface area contributed by atoms with Gasteiger partial charge < -0.3 is 4.42 Å². The highest BCUT2D eigenvalue weighted by molar-refractivity contribution is 5.65. The monoisotopic (exact) mass is 193 g/mol. The van der Waals surface area contributed by atoms with Crippen molar-refractivity contribution in [2.45, 2.75) is 6.92 Å². The Morgan fingerprint density at radius 3 is 2.86 bits per heavy atom. The Hall–Kier alpha value is -1.98. The fourth-order valence-electron chi connectivity index (χ4n) is 1.07. The standard InChI is InChI=1S/C8H7N3O3/c1-4-3-9-6-5(10-4)7(12)11(2)8(13)14-6/h3H,1-2H3. The summed E-state index contributed by atoms with van der Waals surface area (Å²) in [5.41, 5.74) is 0.159. The van der Waals surface area contributed by atoms with Crippen LogP contribution in [0.5, 0.6) is 0 Å². The molecular weight excluding hydrogens is 186 g/mol. The van der Waals surface area contributed by atoms with Crippen molar-refractivity contribution in [3.63, 3.8) is 0 Å². The highest BCUT2D eigenvalue weighted by Crippen LogP contribution is 2.00. The van der Waals surface area contributed by atoms with Crippen molar-refractivity contribution in [3.8, 4) is 0 Å². The molecule has 2 aromatic rings. The first kappa shape index (κ1) is 8.61. The summed E-state index contributed by atoms with van der Waals surface area (Å²) in [7, 11) is 1.33. The second-order valence-electron chi connectivity index (χ2n) is 2.90. The third-order valence-corrected chi connectivity index (χ3v) is 1.82. The summed E-state index contributed by atoms with van der Waals surface area (Å²) >= 11 is 0. The number of aryl methyl sites for hydroxylation is 1. The molecule has 6 heteroatoms. The van der Waals surface area contributed by atoms with Crippen LogP contribution in [-0.2, 0) is 7.05 Å². The minimum Gasteiger partial charge on any atom is -0.388 e. The SMILES string of the molecule is Cc1cnc2oc(=O)n(C)c(=O)c2n1. The summed E-state index contributed by atoms with van der Waals surface area (Å²) in [5.74, 6) is -0.736. The number of hydrogen-bond donors (Lipinski definition) is 0. The molecule has 0 aliphatic rings. The number of hydrogen-bond acceptors (Lipinski definition) is 5. The van der Waals surface area contributed by atoms with Crippen LogP contribution in [0.4, 0.5) is 0 Å². The number of fused-ring (bicyclic) bond motifs is 1. The zero-order valence-corrected chi connectivity index (χ0v) is 7.64. The Labute approximate surface area is 77.8 Å². The van der Waals surface area contributed by atoms with Gasteiger partial charge in [-0.25, -0.2) is 19.3 Å². The van der Waals surface area contributed by atoms with Gasteiger partial charge in [0, 0.05) is 7.05 Å². The van der Waals surface area contributed by atoms with Gasteiger partial charge in [-0.1, -0.05) is 0 Å². The van der Waals surface area contributed by atoms with Gasteiger partial charge in [-0.05, 0) is 6.92 Å². The zero-order valence-electron chi connectivity index (χ0n) is 7.64. The molecule has 2 rings (SSSR count). The van der Waals surface area contributed by atoms with Crippen LogP contribution in [0.15, 0.2) is 20.2 Å². The molecule has 0 bridgehead atoms. The van der Waals surface area contributed by atoms with E-state index >= 15 is 0 Å². The van der Waals surface area contributed by atoms with E-state index in [1.165, 1.54) is 13.2 Å². The Kier molecular flexibility index (Phi) is 1.70. The van der Waals surface area contributed by atoms with Crippen molar-refractivity contribution in [1.82, 2.24) is 14.5 Å². The van der Waals surface area contributed by atoms with Gasteiger partial charge in [0.15, 0.2) is 5.52 Å². The molecule has 6 nitrogen and oxygen atoms in total. The third kappa shape index (κ3) is 1.12. The molecule has 0 N–H and O–H groups in total. The predicted octanol–water partition coefficient (Wildman–Crippen LogP) is -0.410. The molecule has 14 heavy (non-hydrogen) atoms. The van der Waals surface area contributed by atoms with Crippen molar-refractivity contribution in [3.05, 3.63) is 32.8 Å². The van der Waals surface area contributed by atoms with Gasteiger partial charge in [-0.3, -0.25) is 4.79 Å². The van der Waals surface area contributed by atoms with Gasteiger partial charge in [0.1, 0.15) is 0 Å². The van der Waals surface area contributed by atoms with Crippen LogP contribution in [0.1, 0.15) is 5.69 Å². The van der Waals surface area contributed by atoms with E-state index < -0.39 is 11.3 Å². The Morgan fingerprint density at radius 2 is 2.14 bits per heavy atom. The summed E-state index contributed by atoms with van der Waals surface area (Å²) in [6.07, 6.45) is 1.44. The topological polar surface area (TPSA) is 78.0 Å². The average molecular weight is 193 g/mol. The van der Waals surface area contributed by atoms with E-state index in [0.29, 0.717) is 5.69 Å². The van der Waals surface area contributed by atoms with E-state index in [9.17, 15) is 9.59 Å². The number of nitrogens with zero attached hydrogens (tertiary/aromatic N) is 3. The van der Waals surface area contributed by atoms with E-state index in [4.69, 9.17) is 4.42 Å². The summed E-state index contributed by atoms with van der Waals surface area (Å²) in [4.78, 5) is 30.3. The minimum absolute atomic E-state index is 0.0244. The van der Waals surface area contributed by atoms with E-state index in [0.717, 1.165) is 4.57 Å². The first-order valence-corrected chi connectivity index (χ1v) is 3.93. The lowest BCUT2D eigenvalue weighted by atomic mass is 10.4. The first-order chi connectivity index (χ1) is 6.59. The molecule has 72 valence electrons. The number of aromatic nitrogens is 3. The fourth-order valence-corrected chi connectivity index (χ4v) is 1.07. The van der Waals surface area contributed by atoms with Crippen LogP contribution < -0.4 is 11.3 Å². The molecule has 0 unspecified atom stereocenters. The summed E-state index contributed by atoms with van der Waals surface area (Å²) in [6, 6.07) is 0. The van der Waals surface area contributed by atoms with Gasteiger partial charge in [0.2, 0.25) is 0 Å². The second kappa shape index (κ2) is 2.76. The molecular formula is C8H7N3O3. The summed E-state index contributed by atoms with van der Waals surface area (Å²) in [6.45, 7) is 1.71. The van der Waals surface area contributed by atoms with Crippen LogP contribution in [0, 0.1) is 6.92 Å². The maximum Gasteiger partial charge on any atom is 0.423 e. The van der Waals surface area contributed by atoms with Crippen molar-refractivity contribution in [2.24, 2.45) is 7.05 Å². The summed E-state index contributed by atoms with van der Waals surface area (Å²) < 4.78 is 5.62. The van der Waals surface area contributed by atoms with E-state index in [1.54, 1.807) is 6.92 Å². The average Bonchev–Trinajstić information content (AvgIpc) is 2.16. The molecule has 0 aliphatic carbocycles. The molecule has 0 saturated carbocycles. The normalized spacial score (nSPS) is 10.7. The first-order valence-electron chi connectivity index (χ1n) is 3.93. The predicted molar refractivity (Wildman–Crippen MR) is 48.1 cm³/mol. The zero-order chi connectivity index (χ0) is 10.3. The molecule has 0 aliphatic heterocycles. The largest absolute Gasteiger partial charge is 0.423 e. The Morgan fingerprint density at radius 1 is 1.43 bits per heavy atom. The van der Waals surface area contributed by atoms with Gasteiger partial charge in [-0.2, -0.15) is 0 Å². The highest BCUT2D eigenvalue weighted by atomic mass is 16.4. The van der Waals surface area contributed by atoms with E-state index in [-0.39, 0.29) is 11.2 Å². The van der Waals surface area contributed by atoms with Crippen LogP contribution in [0.3, 0.4) is 0 Å². The molecule has 2 aromatic heterocycles. The van der Waals surface area contributed by atoms with Crippen molar-refractivity contribution < 1.29 is 4.42 Å². The third-order valence-electron chi connectivity index (χ3n) is 1.82. The highest BCUT2D eigenvalue weighted by Gasteiger charge is 2.08. The lowest BCUT2D eigenvalue weighted by Crippen LogP contribution is -2.30. The quantitative estimate of drug-likeness (QED) is 0.568. The van der Waals surface area contributed by atoms with Gasteiger partial charge in [-0.15, -0.1) is 0 Å². The van der Waals surface area contributed by atoms with Crippen LogP contribution in [0.2, 0.25) is 0 Å². The maximum absolute atomic E-state index is 11.5. The van der Waals surface area contributed by atoms with E-state index in [1.807, 2.05) is 0 Å². The van der Waals surface area contributed by atoms with Crippen LogP contribution in [0.25, 0.3) is 11.2 Å². The maximum atomic E-state index is 11.5. The van der Waals surface area contributed by atoms with Crippen molar-refractivity contribution in [1.29, 1.82) is 0 Å². The molecule has 0 spiro atoms. The molecule has 0 saturated heterocycles. The lowest BCUT2D eigenvalue weighted by molar-refractivity contribution is 0.475. The molecule has 0 atom stereocenters. The van der Waals surface area contributed by atoms with Crippen LogP contribution >= 0.6 is 0 Å². The molecule has 0 radical (unpaired) electrons. The lowest BCUT2D eigenvalue weighted by Gasteiger charge is -1.97. The van der Waals surface area contributed by atoms with Gasteiger partial charge in [0.25, 0.3) is 11.3 Å². The molecule has 0 amide bonds. The Bertz CT molecular complexity index is 611.